The largest absolute Gasteiger partial charge is 0.352 e. The Morgan fingerprint density at radius 2 is 1.81 bits per heavy atom. The first-order valence-corrected chi connectivity index (χ1v) is 6.96. The fourth-order valence-electron chi connectivity index (χ4n) is 2.02. The van der Waals surface area contributed by atoms with Gasteiger partial charge in [-0.15, -0.1) is 5.10 Å². The number of likely N-dealkylation sites (N-methyl/N-ethyl adjacent to an activating group) is 1. The second-order valence-corrected chi connectivity index (χ2v) is 5.40. The number of rotatable bonds is 6. The molecule has 1 heterocycles. The Morgan fingerprint density at radius 1 is 1.10 bits per heavy atom. The van der Waals surface area contributed by atoms with Crippen LogP contribution in [0, 0.1) is 13.8 Å². The molecule has 0 amide bonds. The maximum absolute atomic E-state index is 4.41. The molecule has 21 heavy (non-hydrogen) atoms. The Balaban J connectivity index is 2.03. The summed E-state index contributed by atoms with van der Waals surface area (Å²) in [5.74, 6) is 1.22. The van der Waals surface area contributed by atoms with Crippen molar-refractivity contribution in [3.05, 3.63) is 35.5 Å². The molecule has 6 heteroatoms. The van der Waals surface area contributed by atoms with Crippen molar-refractivity contribution in [1.29, 1.82) is 0 Å². The van der Waals surface area contributed by atoms with Crippen LogP contribution < -0.4 is 10.6 Å². The highest BCUT2D eigenvalue weighted by molar-refractivity contribution is 5.58. The van der Waals surface area contributed by atoms with Gasteiger partial charge in [0, 0.05) is 18.8 Å². The number of hydrogen-bond donors (Lipinski definition) is 2. The molecule has 2 rings (SSSR count). The van der Waals surface area contributed by atoms with Crippen LogP contribution >= 0.6 is 0 Å². The molecule has 2 N–H and O–H groups in total. The summed E-state index contributed by atoms with van der Waals surface area (Å²) in [5, 5.41) is 14.4. The Hall–Kier alpha value is -2.21. The summed E-state index contributed by atoms with van der Waals surface area (Å²) in [6.07, 6.45) is 1.62. The summed E-state index contributed by atoms with van der Waals surface area (Å²) in [6.45, 7) is 5.84. The fraction of sp³-hybridized carbons (Fsp3) is 0.400. The van der Waals surface area contributed by atoms with E-state index < -0.39 is 0 Å². The highest BCUT2D eigenvalue weighted by Gasteiger charge is 2.02. The molecule has 2 aromatic rings. The smallest absolute Gasteiger partial charge is 0.244 e. The van der Waals surface area contributed by atoms with Gasteiger partial charge in [0.25, 0.3) is 0 Å². The first-order chi connectivity index (χ1) is 10.0. The first-order valence-electron chi connectivity index (χ1n) is 6.96. The average Bonchev–Trinajstić information content (AvgIpc) is 2.37. The third-order valence-electron chi connectivity index (χ3n) is 2.90. The minimum atomic E-state index is 0.534. The SMILES string of the molecule is Cc1cc(C)cc(Nc2cnnc(NCCN(C)C)n2)c1. The van der Waals surface area contributed by atoms with Crippen LogP contribution in [0.3, 0.4) is 0 Å². The van der Waals surface area contributed by atoms with Gasteiger partial charge in [0.1, 0.15) is 0 Å². The summed E-state index contributed by atoms with van der Waals surface area (Å²) >= 11 is 0. The van der Waals surface area contributed by atoms with E-state index in [0.29, 0.717) is 11.8 Å². The molecule has 6 nitrogen and oxygen atoms in total. The Kier molecular flexibility index (Phi) is 5.05. The predicted molar refractivity (Wildman–Crippen MR) is 86.1 cm³/mol. The molecular formula is C15H22N6. The van der Waals surface area contributed by atoms with Gasteiger partial charge in [-0.3, -0.25) is 0 Å². The highest BCUT2D eigenvalue weighted by atomic mass is 15.3. The van der Waals surface area contributed by atoms with Crippen molar-refractivity contribution in [3.63, 3.8) is 0 Å². The van der Waals surface area contributed by atoms with Crippen LogP contribution in [0.5, 0.6) is 0 Å². The van der Waals surface area contributed by atoms with Crippen LogP contribution in [0.15, 0.2) is 24.4 Å². The molecule has 112 valence electrons. The van der Waals surface area contributed by atoms with Gasteiger partial charge >= 0.3 is 0 Å². The Bertz CT molecular complexity index is 576. The number of aromatic nitrogens is 3. The van der Waals surface area contributed by atoms with Gasteiger partial charge in [-0.2, -0.15) is 10.1 Å². The van der Waals surface area contributed by atoms with Crippen molar-refractivity contribution in [2.75, 3.05) is 37.8 Å². The molecule has 0 fully saturated rings. The van der Waals surface area contributed by atoms with Crippen molar-refractivity contribution >= 4 is 17.5 Å². The molecule has 0 bridgehead atoms. The fourth-order valence-corrected chi connectivity index (χ4v) is 2.02. The van der Waals surface area contributed by atoms with Gasteiger partial charge in [-0.05, 0) is 51.2 Å². The minimum Gasteiger partial charge on any atom is -0.352 e. The van der Waals surface area contributed by atoms with E-state index in [1.54, 1.807) is 6.20 Å². The molecule has 0 aliphatic rings. The van der Waals surface area contributed by atoms with E-state index in [2.05, 4.69) is 62.8 Å². The zero-order valence-corrected chi connectivity index (χ0v) is 13.0. The normalized spacial score (nSPS) is 10.7. The van der Waals surface area contributed by atoms with Crippen molar-refractivity contribution in [1.82, 2.24) is 20.1 Å². The molecule has 0 atom stereocenters. The van der Waals surface area contributed by atoms with Crippen molar-refractivity contribution in [2.45, 2.75) is 13.8 Å². The molecule has 0 aliphatic carbocycles. The van der Waals surface area contributed by atoms with Crippen LogP contribution in [0.4, 0.5) is 17.5 Å². The molecule has 0 radical (unpaired) electrons. The number of anilines is 3. The number of nitrogens with zero attached hydrogens (tertiary/aromatic N) is 4. The molecule has 1 aromatic heterocycles. The maximum Gasteiger partial charge on any atom is 0.244 e. The summed E-state index contributed by atoms with van der Waals surface area (Å²) in [5.41, 5.74) is 3.43. The lowest BCUT2D eigenvalue weighted by Gasteiger charge is -2.11. The second-order valence-electron chi connectivity index (χ2n) is 5.40. The quantitative estimate of drug-likeness (QED) is 0.848. The Morgan fingerprint density at radius 3 is 2.48 bits per heavy atom. The summed E-state index contributed by atoms with van der Waals surface area (Å²) in [4.78, 5) is 6.51. The summed E-state index contributed by atoms with van der Waals surface area (Å²) < 4.78 is 0. The average molecular weight is 286 g/mol. The number of nitrogens with one attached hydrogen (secondary N) is 2. The number of aryl methyl sites for hydroxylation is 2. The van der Waals surface area contributed by atoms with Gasteiger partial charge in [-0.1, -0.05) is 6.07 Å². The topological polar surface area (TPSA) is 66.0 Å². The molecule has 0 spiro atoms. The molecule has 0 saturated heterocycles. The van der Waals surface area contributed by atoms with Crippen molar-refractivity contribution < 1.29 is 0 Å². The van der Waals surface area contributed by atoms with Crippen LogP contribution in [-0.2, 0) is 0 Å². The van der Waals surface area contributed by atoms with Gasteiger partial charge in [0.15, 0.2) is 5.82 Å². The summed E-state index contributed by atoms with van der Waals surface area (Å²) in [7, 11) is 4.05. The zero-order valence-electron chi connectivity index (χ0n) is 13.0. The maximum atomic E-state index is 4.41. The van der Waals surface area contributed by atoms with E-state index in [9.17, 15) is 0 Å². The third kappa shape index (κ3) is 5.00. The standard InChI is InChI=1S/C15H22N6/c1-11-7-12(2)9-13(8-11)18-14-10-17-20-15(19-14)16-5-6-21(3)4/h7-10H,5-6H2,1-4H3,(H2,16,18,19,20). The van der Waals surface area contributed by atoms with E-state index in [1.165, 1.54) is 11.1 Å². The molecule has 0 unspecified atom stereocenters. The lowest BCUT2D eigenvalue weighted by molar-refractivity contribution is 0.425. The lowest BCUT2D eigenvalue weighted by Crippen LogP contribution is -2.21. The van der Waals surface area contributed by atoms with Crippen LogP contribution in [0.1, 0.15) is 11.1 Å². The predicted octanol–water partition coefficient (Wildman–Crippen LogP) is 2.21. The third-order valence-corrected chi connectivity index (χ3v) is 2.90. The van der Waals surface area contributed by atoms with Crippen molar-refractivity contribution in [2.24, 2.45) is 0 Å². The van der Waals surface area contributed by atoms with E-state index in [4.69, 9.17) is 0 Å². The van der Waals surface area contributed by atoms with Crippen LogP contribution in [0.25, 0.3) is 0 Å². The summed E-state index contributed by atoms with van der Waals surface area (Å²) in [6, 6.07) is 6.29. The monoisotopic (exact) mass is 286 g/mol. The van der Waals surface area contributed by atoms with E-state index >= 15 is 0 Å². The first kappa shape index (κ1) is 15.2. The van der Waals surface area contributed by atoms with Gasteiger partial charge in [0.05, 0.1) is 6.20 Å². The number of hydrogen-bond acceptors (Lipinski definition) is 6. The number of benzene rings is 1. The van der Waals surface area contributed by atoms with Crippen molar-refractivity contribution in [3.8, 4) is 0 Å². The van der Waals surface area contributed by atoms with Crippen LogP contribution in [0.2, 0.25) is 0 Å². The molecule has 1 aromatic carbocycles. The minimum absolute atomic E-state index is 0.534. The molecule has 0 saturated carbocycles. The lowest BCUT2D eigenvalue weighted by atomic mass is 10.1. The Labute approximate surface area is 125 Å². The zero-order chi connectivity index (χ0) is 15.2. The molecule has 0 aliphatic heterocycles. The van der Waals surface area contributed by atoms with Crippen LogP contribution in [-0.4, -0.2) is 47.3 Å². The van der Waals surface area contributed by atoms with E-state index in [1.807, 2.05) is 14.1 Å². The van der Waals surface area contributed by atoms with Gasteiger partial charge in [-0.25, -0.2) is 0 Å². The van der Waals surface area contributed by atoms with E-state index in [-0.39, 0.29) is 0 Å². The van der Waals surface area contributed by atoms with E-state index in [0.717, 1.165) is 18.8 Å². The van der Waals surface area contributed by atoms with Gasteiger partial charge in [0.2, 0.25) is 5.95 Å². The highest BCUT2D eigenvalue weighted by Crippen LogP contribution is 2.18. The molecular weight excluding hydrogens is 264 g/mol. The van der Waals surface area contributed by atoms with Gasteiger partial charge < -0.3 is 15.5 Å². The second kappa shape index (κ2) is 6.99.